The van der Waals surface area contributed by atoms with Gasteiger partial charge in [0.15, 0.2) is 0 Å². The molecule has 3 nitrogen and oxygen atoms in total. The Kier molecular flexibility index (Phi) is 4.09. The normalized spacial score (nSPS) is 14.9. The van der Waals surface area contributed by atoms with E-state index in [2.05, 4.69) is 11.9 Å². The largest absolute Gasteiger partial charge is 0.388 e. The van der Waals surface area contributed by atoms with Gasteiger partial charge in [-0.15, -0.1) is 0 Å². The molecule has 84 valence electrons. The Morgan fingerprint density at radius 3 is 2.80 bits per heavy atom. The number of aliphatic hydroxyl groups excluding tert-OH is 1. The van der Waals surface area contributed by atoms with Crippen molar-refractivity contribution in [2.75, 3.05) is 5.73 Å². The van der Waals surface area contributed by atoms with Crippen molar-refractivity contribution in [2.24, 2.45) is 5.92 Å². The van der Waals surface area contributed by atoms with E-state index in [1.54, 1.807) is 6.20 Å². The zero-order valence-electron chi connectivity index (χ0n) is 9.70. The summed E-state index contributed by atoms with van der Waals surface area (Å²) in [5.41, 5.74) is 7.54. The number of aliphatic hydroxyl groups is 1. The van der Waals surface area contributed by atoms with Gasteiger partial charge in [0.2, 0.25) is 0 Å². The van der Waals surface area contributed by atoms with Crippen molar-refractivity contribution in [1.29, 1.82) is 0 Å². The molecule has 2 unspecified atom stereocenters. The average Bonchev–Trinajstić information content (AvgIpc) is 2.21. The Balaban J connectivity index is 2.89. The van der Waals surface area contributed by atoms with Crippen LogP contribution in [0.2, 0.25) is 0 Å². The Hall–Kier alpha value is -1.09. The van der Waals surface area contributed by atoms with Crippen LogP contribution >= 0.6 is 0 Å². The van der Waals surface area contributed by atoms with Crippen LogP contribution in [0.15, 0.2) is 12.3 Å². The van der Waals surface area contributed by atoms with E-state index in [0.29, 0.717) is 5.82 Å². The molecule has 3 heteroatoms. The maximum Gasteiger partial charge on any atom is 0.129 e. The summed E-state index contributed by atoms with van der Waals surface area (Å²) < 4.78 is 0. The number of nitrogens with zero attached hydrogens (tertiary/aromatic N) is 1. The van der Waals surface area contributed by atoms with Crippen molar-refractivity contribution in [3.63, 3.8) is 0 Å². The van der Waals surface area contributed by atoms with Gasteiger partial charge in [0.05, 0.1) is 6.10 Å². The van der Waals surface area contributed by atoms with E-state index in [4.69, 9.17) is 5.73 Å². The molecule has 1 heterocycles. The summed E-state index contributed by atoms with van der Waals surface area (Å²) in [7, 11) is 0. The van der Waals surface area contributed by atoms with Gasteiger partial charge >= 0.3 is 0 Å². The summed E-state index contributed by atoms with van der Waals surface area (Å²) in [4.78, 5) is 4.06. The minimum atomic E-state index is -0.502. The quantitative estimate of drug-likeness (QED) is 0.799. The number of rotatable bonds is 4. The third-order valence-electron chi connectivity index (χ3n) is 2.69. The fraction of sp³-hybridized carbons (Fsp3) is 0.583. The summed E-state index contributed by atoms with van der Waals surface area (Å²) in [5, 5.41) is 10.1. The van der Waals surface area contributed by atoms with Gasteiger partial charge in [0, 0.05) is 11.8 Å². The lowest BCUT2D eigenvalue weighted by Gasteiger charge is -2.19. The highest BCUT2D eigenvalue weighted by atomic mass is 16.3. The third kappa shape index (κ3) is 2.93. The summed E-state index contributed by atoms with van der Waals surface area (Å²) >= 11 is 0. The first kappa shape index (κ1) is 12.0. The average molecular weight is 208 g/mol. The molecule has 2 atom stereocenters. The van der Waals surface area contributed by atoms with Crippen LogP contribution in [0.5, 0.6) is 0 Å². The van der Waals surface area contributed by atoms with E-state index in [0.717, 1.165) is 24.0 Å². The second kappa shape index (κ2) is 5.12. The van der Waals surface area contributed by atoms with Crippen molar-refractivity contribution in [3.05, 3.63) is 23.4 Å². The smallest absolute Gasteiger partial charge is 0.129 e. The van der Waals surface area contributed by atoms with Crippen LogP contribution < -0.4 is 5.73 Å². The molecule has 1 aromatic heterocycles. The van der Waals surface area contributed by atoms with E-state index >= 15 is 0 Å². The van der Waals surface area contributed by atoms with E-state index < -0.39 is 6.10 Å². The molecule has 0 aliphatic carbocycles. The van der Waals surface area contributed by atoms with Crippen molar-refractivity contribution in [3.8, 4) is 0 Å². The van der Waals surface area contributed by atoms with Crippen LogP contribution in [0.25, 0.3) is 0 Å². The summed E-state index contributed by atoms with van der Waals surface area (Å²) in [6.07, 6.45) is 3.28. The highest BCUT2D eigenvalue weighted by Gasteiger charge is 2.18. The van der Waals surface area contributed by atoms with Crippen molar-refractivity contribution in [1.82, 2.24) is 4.98 Å². The zero-order valence-corrected chi connectivity index (χ0v) is 9.70. The van der Waals surface area contributed by atoms with Gasteiger partial charge < -0.3 is 10.8 Å². The van der Waals surface area contributed by atoms with E-state index in [-0.39, 0.29) is 5.92 Å². The fourth-order valence-electron chi connectivity index (χ4n) is 1.76. The number of hydrogen-bond acceptors (Lipinski definition) is 3. The number of aryl methyl sites for hydroxylation is 1. The molecule has 0 amide bonds. The molecule has 1 aromatic rings. The maximum atomic E-state index is 10.1. The van der Waals surface area contributed by atoms with Gasteiger partial charge in [0.25, 0.3) is 0 Å². The fourth-order valence-corrected chi connectivity index (χ4v) is 1.76. The van der Waals surface area contributed by atoms with Crippen molar-refractivity contribution < 1.29 is 5.11 Å². The van der Waals surface area contributed by atoms with Gasteiger partial charge in [-0.05, 0) is 30.9 Å². The van der Waals surface area contributed by atoms with Gasteiger partial charge in [-0.1, -0.05) is 20.3 Å². The molecule has 1 rings (SSSR count). The van der Waals surface area contributed by atoms with Crippen LogP contribution in [0, 0.1) is 12.8 Å². The number of nitrogen functional groups attached to an aromatic ring is 1. The first-order valence-corrected chi connectivity index (χ1v) is 5.46. The molecular formula is C12H20N2O. The first-order chi connectivity index (χ1) is 7.06. The summed E-state index contributed by atoms with van der Waals surface area (Å²) in [6, 6.07) is 1.92. The molecular weight excluding hydrogens is 188 g/mol. The zero-order chi connectivity index (χ0) is 11.4. The van der Waals surface area contributed by atoms with Gasteiger partial charge in [0.1, 0.15) is 5.82 Å². The predicted octanol–water partition coefficient (Wildman–Crippen LogP) is 2.44. The van der Waals surface area contributed by atoms with E-state index in [1.807, 2.05) is 19.9 Å². The topological polar surface area (TPSA) is 59.1 Å². The minimum Gasteiger partial charge on any atom is -0.388 e. The molecule has 0 radical (unpaired) electrons. The minimum absolute atomic E-state index is 0.223. The summed E-state index contributed by atoms with van der Waals surface area (Å²) in [5.74, 6) is 0.664. The summed E-state index contributed by atoms with van der Waals surface area (Å²) in [6.45, 7) is 6.10. The molecule has 0 bridgehead atoms. The standard InChI is InChI=1S/C12H20N2O/c1-4-5-9(3)11(15)10-6-8(2)7-14-12(10)13/h6-7,9,11,15H,4-5H2,1-3H3,(H2,13,14). The van der Waals surface area contributed by atoms with Gasteiger partial charge in [-0.3, -0.25) is 0 Å². The number of aromatic nitrogens is 1. The van der Waals surface area contributed by atoms with Gasteiger partial charge in [-0.2, -0.15) is 0 Å². The molecule has 0 fully saturated rings. The van der Waals surface area contributed by atoms with Crippen molar-refractivity contribution in [2.45, 2.75) is 39.7 Å². The molecule has 0 aromatic carbocycles. The van der Waals surface area contributed by atoms with E-state index in [1.165, 1.54) is 0 Å². The molecule has 0 saturated carbocycles. The number of hydrogen-bond donors (Lipinski definition) is 2. The van der Waals surface area contributed by atoms with Gasteiger partial charge in [-0.25, -0.2) is 4.98 Å². The molecule has 0 spiro atoms. The Labute approximate surface area is 91.3 Å². The molecule has 0 saturated heterocycles. The lowest BCUT2D eigenvalue weighted by Crippen LogP contribution is -2.12. The van der Waals surface area contributed by atoms with Crippen LogP contribution in [-0.4, -0.2) is 10.1 Å². The number of pyridine rings is 1. The lowest BCUT2D eigenvalue weighted by molar-refractivity contribution is 0.112. The molecule has 15 heavy (non-hydrogen) atoms. The Bertz CT molecular complexity index is 325. The monoisotopic (exact) mass is 208 g/mol. The van der Waals surface area contributed by atoms with Crippen LogP contribution in [0.3, 0.4) is 0 Å². The first-order valence-electron chi connectivity index (χ1n) is 5.46. The van der Waals surface area contributed by atoms with E-state index in [9.17, 15) is 5.11 Å². The molecule has 0 aliphatic heterocycles. The lowest BCUT2D eigenvalue weighted by atomic mass is 9.93. The predicted molar refractivity (Wildman–Crippen MR) is 62.4 cm³/mol. The molecule has 3 N–H and O–H groups in total. The Morgan fingerprint density at radius 2 is 2.20 bits per heavy atom. The highest BCUT2D eigenvalue weighted by Crippen LogP contribution is 2.28. The third-order valence-corrected chi connectivity index (χ3v) is 2.69. The van der Waals surface area contributed by atoms with Crippen LogP contribution in [-0.2, 0) is 0 Å². The highest BCUT2D eigenvalue weighted by molar-refractivity contribution is 5.42. The second-order valence-electron chi connectivity index (χ2n) is 4.20. The van der Waals surface area contributed by atoms with Crippen LogP contribution in [0.1, 0.15) is 43.9 Å². The maximum absolute atomic E-state index is 10.1. The molecule has 0 aliphatic rings. The van der Waals surface area contributed by atoms with Crippen LogP contribution in [0.4, 0.5) is 5.82 Å². The SMILES string of the molecule is CCCC(C)C(O)c1cc(C)cnc1N. The Morgan fingerprint density at radius 1 is 1.53 bits per heavy atom. The number of anilines is 1. The van der Waals surface area contributed by atoms with Crippen molar-refractivity contribution >= 4 is 5.82 Å². The second-order valence-corrected chi connectivity index (χ2v) is 4.20. The number of nitrogens with two attached hydrogens (primary N) is 1.